The number of halogens is 1. The minimum atomic E-state index is -0.933. The number of carbonyl (C=O) groups excluding carboxylic acids is 3. The molecular weight excluding hydrogens is 477 g/mol. The molecule has 0 unspecified atom stereocenters. The van der Waals surface area contributed by atoms with E-state index in [1.807, 2.05) is 6.92 Å². The van der Waals surface area contributed by atoms with E-state index in [4.69, 9.17) is 9.47 Å². The van der Waals surface area contributed by atoms with E-state index in [0.717, 1.165) is 34.7 Å². The molecule has 1 N–H and O–H groups in total. The minimum Gasteiger partial charge on any atom is -0.497 e. The van der Waals surface area contributed by atoms with Gasteiger partial charge in [0.1, 0.15) is 22.9 Å². The summed E-state index contributed by atoms with van der Waals surface area (Å²) in [6.45, 7) is 8.91. The van der Waals surface area contributed by atoms with Crippen LogP contribution in [0.2, 0.25) is 0 Å². The number of benzene rings is 2. The fraction of sp³-hybridized carbons (Fsp3) is 0.321. The van der Waals surface area contributed by atoms with Gasteiger partial charge in [-0.15, -0.1) is 0 Å². The summed E-state index contributed by atoms with van der Waals surface area (Å²) in [6, 6.07) is 6.68. The van der Waals surface area contributed by atoms with Crippen LogP contribution in [0.1, 0.15) is 45.2 Å². The van der Waals surface area contributed by atoms with Gasteiger partial charge in [-0.05, 0) is 63.1 Å². The predicted molar refractivity (Wildman–Crippen MR) is 140 cm³/mol. The highest BCUT2D eigenvalue weighted by molar-refractivity contribution is 6.39. The summed E-state index contributed by atoms with van der Waals surface area (Å²) in [4.78, 5) is 41.7. The topological polar surface area (TPSA) is 88.2 Å². The average Bonchev–Trinajstić information content (AvgIpc) is 2.84. The lowest BCUT2D eigenvalue weighted by molar-refractivity contribution is -0.122. The first kappa shape index (κ1) is 25.9. The van der Waals surface area contributed by atoms with Crippen LogP contribution in [0.3, 0.4) is 0 Å². The Kier molecular flexibility index (Phi) is 6.82. The Bertz CT molecular complexity index is 1360. The molecule has 0 radical (unpaired) electrons. The first-order valence-corrected chi connectivity index (χ1v) is 12.0. The van der Waals surface area contributed by atoms with Crippen molar-refractivity contribution < 1.29 is 28.2 Å². The van der Waals surface area contributed by atoms with Crippen LogP contribution in [0.5, 0.6) is 11.5 Å². The van der Waals surface area contributed by atoms with Gasteiger partial charge in [-0.3, -0.25) is 14.9 Å². The monoisotopic (exact) mass is 507 g/mol. The number of anilines is 2. The fourth-order valence-electron chi connectivity index (χ4n) is 4.86. The molecule has 9 heteroatoms. The molecule has 0 aromatic heterocycles. The van der Waals surface area contributed by atoms with Crippen molar-refractivity contribution in [2.24, 2.45) is 0 Å². The largest absolute Gasteiger partial charge is 0.497 e. The van der Waals surface area contributed by atoms with Gasteiger partial charge in [0, 0.05) is 29.4 Å². The van der Waals surface area contributed by atoms with Crippen LogP contribution in [0.25, 0.3) is 11.6 Å². The number of urea groups is 1. The van der Waals surface area contributed by atoms with Crippen LogP contribution >= 0.6 is 0 Å². The van der Waals surface area contributed by atoms with E-state index in [1.54, 1.807) is 12.1 Å². The number of nitrogens with one attached hydrogen (secondary N) is 1. The zero-order valence-electron chi connectivity index (χ0n) is 21.8. The fourth-order valence-corrected chi connectivity index (χ4v) is 4.86. The van der Waals surface area contributed by atoms with Crippen molar-refractivity contribution in [1.82, 2.24) is 5.32 Å². The Morgan fingerprint density at radius 2 is 1.78 bits per heavy atom. The van der Waals surface area contributed by atoms with Crippen molar-refractivity contribution in [2.75, 3.05) is 30.6 Å². The molecule has 4 rings (SSSR count). The number of nitrogens with zero attached hydrogens (tertiary/aromatic N) is 2. The Morgan fingerprint density at radius 3 is 2.43 bits per heavy atom. The minimum absolute atomic E-state index is 0.0668. The van der Waals surface area contributed by atoms with Crippen molar-refractivity contribution >= 4 is 40.9 Å². The van der Waals surface area contributed by atoms with Crippen molar-refractivity contribution in [1.29, 1.82) is 0 Å². The summed E-state index contributed by atoms with van der Waals surface area (Å²) >= 11 is 0. The third-order valence-corrected chi connectivity index (χ3v) is 6.57. The maximum Gasteiger partial charge on any atom is 0.336 e. The van der Waals surface area contributed by atoms with E-state index >= 15 is 4.39 Å². The zero-order valence-corrected chi connectivity index (χ0v) is 21.8. The number of carbonyl (C=O) groups is 3. The van der Waals surface area contributed by atoms with Crippen molar-refractivity contribution in [3.05, 3.63) is 58.9 Å². The van der Waals surface area contributed by atoms with Crippen LogP contribution in [0.15, 0.2) is 42.0 Å². The summed E-state index contributed by atoms with van der Waals surface area (Å²) < 4.78 is 25.9. The second-order valence-electron chi connectivity index (χ2n) is 9.52. The van der Waals surface area contributed by atoms with Crippen LogP contribution in [0, 0.1) is 5.82 Å². The molecule has 2 aliphatic rings. The SMILES string of the molecule is CCCN1c2cc(F)c(/C=C3/C(=O)NC(=O)N(c4ccc(OC)cc4OC)C3=O)cc2C(C)=CC1(C)C. The van der Waals surface area contributed by atoms with Crippen LogP contribution < -0.4 is 24.6 Å². The summed E-state index contributed by atoms with van der Waals surface area (Å²) in [5, 5.41) is 2.16. The predicted octanol–water partition coefficient (Wildman–Crippen LogP) is 4.92. The van der Waals surface area contributed by atoms with Gasteiger partial charge in [0.2, 0.25) is 0 Å². The van der Waals surface area contributed by atoms with E-state index in [9.17, 15) is 14.4 Å². The average molecular weight is 508 g/mol. The lowest BCUT2D eigenvalue weighted by Crippen LogP contribution is -2.54. The highest BCUT2D eigenvalue weighted by Gasteiger charge is 2.39. The maximum absolute atomic E-state index is 15.4. The summed E-state index contributed by atoms with van der Waals surface area (Å²) in [5.74, 6) is -1.73. The lowest BCUT2D eigenvalue weighted by atomic mass is 9.87. The number of hydrogen-bond donors (Lipinski definition) is 1. The first-order chi connectivity index (χ1) is 17.5. The molecule has 2 aliphatic heterocycles. The Morgan fingerprint density at radius 1 is 1.05 bits per heavy atom. The van der Waals surface area contributed by atoms with E-state index in [0.29, 0.717) is 5.75 Å². The number of imide groups is 2. The molecule has 2 aromatic carbocycles. The number of ether oxygens (including phenoxy) is 2. The van der Waals surface area contributed by atoms with Crippen LogP contribution in [-0.2, 0) is 9.59 Å². The van der Waals surface area contributed by atoms with Crippen molar-refractivity contribution in [2.45, 2.75) is 39.7 Å². The Labute approximate surface area is 215 Å². The maximum atomic E-state index is 15.4. The molecule has 0 bridgehead atoms. The van der Waals surface area contributed by atoms with Crippen molar-refractivity contribution in [3.8, 4) is 11.5 Å². The van der Waals surface area contributed by atoms with Crippen molar-refractivity contribution in [3.63, 3.8) is 0 Å². The second kappa shape index (κ2) is 9.72. The molecule has 1 saturated heterocycles. The number of amides is 4. The van der Waals surface area contributed by atoms with E-state index in [-0.39, 0.29) is 28.1 Å². The quantitative estimate of drug-likeness (QED) is 0.441. The first-order valence-electron chi connectivity index (χ1n) is 12.0. The third kappa shape index (κ3) is 4.57. The number of fused-ring (bicyclic) bond motifs is 1. The number of barbiturate groups is 1. The number of rotatable bonds is 6. The van der Waals surface area contributed by atoms with Gasteiger partial charge >= 0.3 is 6.03 Å². The molecule has 2 heterocycles. The number of hydrogen-bond acceptors (Lipinski definition) is 6. The standard InChI is InChI=1S/C28H30FN3O5/c1-7-10-31-23-14-21(29)17(11-19(23)16(2)15-28(31,3)4)12-20-25(33)30-27(35)32(26(20)34)22-9-8-18(36-5)13-24(22)37-6/h8-9,11-15H,7,10H2,1-6H3,(H,30,33,35)/b20-12-. The van der Waals surface area contributed by atoms with Gasteiger partial charge in [-0.2, -0.15) is 0 Å². The highest BCUT2D eigenvalue weighted by atomic mass is 19.1. The van der Waals surface area contributed by atoms with Crippen LogP contribution in [-0.4, -0.2) is 44.1 Å². The second-order valence-corrected chi connectivity index (χ2v) is 9.52. The summed E-state index contributed by atoms with van der Waals surface area (Å²) in [5.41, 5.74) is 2.05. The van der Waals surface area contributed by atoms with Gasteiger partial charge < -0.3 is 14.4 Å². The molecule has 8 nitrogen and oxygen atoms in total. The molecular formula is C28H30FN3O5. The molecule has 4 amide bonds. The summed E-state index contributed by atoms with van der Waals surface area (Å²) in [7, 11) is 2.85. The normalized spacial score (nSPS) is 18.0. The van der Waals surface area contributed by atoms with Gasteiger partial charge in [0.05, 0.1) is 25.4 Å². The summed E-state index contributed by atoms with van der Waals surface area (Å²) in [6.07, 6.45) is 4.19. The van der Waals surface area contributed by atoms with Crippen LogP contribution in [0.4, 0.5) is 20.6 Å². The molecule has 0 atom stereocenters. The smallest absolute Gasteiger partial charge is 0.336 e. The van der Waals surface area contributed by atoms with Gasteiger partial charge in [0.25, 0.3) is 11.8 Å². The van der Waals surface area contributed by atoms with Gasteiger partial charge in [0.15, 0.2) is 0 Å². The van der Waals surface area contributed by atoms with E-state index in [2.05, 4.69) is 37.1 Å². The highest BCUT2D eigenvalue weighted by Crippen LogP contribution is 2.41. The number of allylic oxidation sites excluding steroid dienone is 1. The van der Waals surface area contributed by atoms with E-state index < -0.39 is 23.7 Å². The Balaban J connectivity index is 1.80. The third-order valence-electron chi connectivity index (χ3n) is 6.57. The molecule has 2 aromatic rings. The molecule has 194 valence electrons. The Hall–Kier alpha value is -4.14. The van der Waals surface area contributed by atoms with Gasteiger partial charge in [-0.25, -0.2) is 14.1 Å². The van der Waals surface area contributed by atoms with Gasteiger partial charge in [-0.1, -0.05) is 13.0 Å². The number of methoxy groups -OCH3 is 2. The molecule has 1 fully saturated rings. The molecule has 0 saturated carbocycles. The lowest BCUT2D eigenvalue weighted by Gasteiger charge is -2.43. The molecule has 0 aliphatic carbocycles. The zero-order chi connectivity index (χ0) is 27.1. The van der Waals surface area contributed by atoms with E-state index in [1.165, 1.54) is 38.5 Å². The molecule has 37 heavy (non-hydrogen) atoms. The molecule has 0 spiro atoms.